The second kappa shape index (κ2) is 11.2. The predicted molar refractivity (Wildman–Crippen MR) is 131 cm³/mol. The minimum Gasteiger partial charge on any atom is -0.487 e. The molecule has 0 radical (unpaired) electrons. The number of guanidine groups is 1. The van der Waals surface area contributed by atoms with E-state index in [1.807, 2.05) is 18.2 Å². The van der Waals surface area contributed by atoms with Crippen LogP contribution in [0.3, 0.4) is 0 Å². The highest BCUT2D eigenvalue weighted by Crippen LogP contribution is 2.39. The molecule has 1 aromatic rings. The summed E-state index contributed by atoms with van der Waals surface area (Å²) in [7, 11) is 1.80. The third kappa shape index (κ3) is 6.73. The lowest BCUT2D eigenvalue weighted by Gasteiger charge is -2.38. The number of benzene rings is 1. The first kappa shape index (κ1) is 24.7. The Morgan fingerprint density at radius 3 is 2.87 bits per heavy atom. The number of nitrogens with two attached hydrogens (primary N) is 1. The molecule has 2 atom stereocenters. The highest BCUT2D eigenvalue weighted by Gasteiger charge is 2.34. The lowest BCUT2D eigenvalue weighted by Crippen LogP contribution is -2.46. The van der Waals surface area contributed by atoms with Crippen LogP contribution in [-0.2, 0) is 4.79 Å². The number of primary amides is 1. The third-order valence-corrected chi connectivity index (χ3v) is 5.76. The van der Waals surface area contributed by atoms with Crippen LogP contribution in [0.4, 0.5) is 0 Å². The number of likely N-dealkylation sites (tertiary alicyclic amines) is 1. The number of piperidine rings is 1. The van der Waals surface area contributed by atoms with Gasteiger partial charge in [-0.1, -0.05) is 18.2 Å². The maximum Gasteiger partial charge on any atom is 0.221 e. The van der Waals surface area contributed by atoms with Crippen molar-refractivity contribution >= 4 is 35.8 Å². The largest absolute Gasteiger partial charge is 0.487 e. The van der Waals surface area contributed by atoms with Gasteiger partial charge in [0.1, 0.15) is 11.4 Å². The fraction of sp³-hybridized carbons (Fsp3) is 0.636. The van der Waals surface area contributed by atoms with Gasteiger partial charge in [-0.25, -0.2) is 0 Å². The highest BCUT2D eigenvalue weighted by atomic mass is 127. The van der Waals surface area contributed by atoms with E-state index >= 15 is 0 Å². The Labute approximate surface area is 197 Å². The molecule has 1 saturated heterocycles. The smallest absolute Gasteiger partial charge is 0.221 e. The zero-order valence-electron chi connectivity index (χ0n) is 18.3. The summed E-state index contributed by atoms with van der Waals surface area (Å²) in [6, 6.07) is 8.34. The zero-order valence-corrected chi connectivity index (χ0v) is 20.6. The molecule has 2 aliphatic heterocycles. The molecule has 8 heteroatoms. The third-order valence-electron chi connectivity index (χ3n) is 5.76. The summed E-state index contributed by atoms with van der Waals surface area (Å²) in [5, 5.41) is 6.99. The van der Waals surface area contributed by atoms with E-state index in [0.717, 1.165) is 63.6 Å². The molecule has 168 valence electrons. The number of nitrogens with zero attached hydrogens (tertiary/aromatic N) is 2. The summed E-state index contributed by atoms with van der Waals surface area (Å²) in [6.45, 7) is 7.85. The number of halogens is 1. The minimum absolute atomic E-state index is 0. The van der Waals surface area contributed by atoms with Gasteiger partial charge in [0, 0.05) is 32.1 Å². The van der Waals surface area contributed by atoms with Crippen molar-refractivity contribution in [2.45, 2.75) is 51.2 Å². The van der Waals surface area contributed by atoms with Gasteiger partial charge in [0.05, 0.1) is 12.0 Å². The van der Waals surface area contributed by atoms with Crippen LogP contribution in [0.5, 0.6) is 5.75 Å². The van der Waals surface area contributed by atoms with Gasteiger partial charge in [-0.3, -0.25) is 9.79 Å². The first-order valence-corrected chi connectivity index (χ1v) is 10.6. The Hall–Kier alpha value is -1.55. The first-order chi connectivity index (χ1) is 13.9. The number of carbonyl (C=O) groups excluding carboxylic acids is 1. The molecule has 30 heavy (non-hydrogen) atoms. The van der Waals surface area contributed by atoms with Gasteiger partial charge in [-0.2, -0.15) is 0 Å². The lowest BCUT2D eigenvalue weighted by atomic mass is 9.90. The average Bonchev–Trinajstić information content (AvgIpc) is 2.69. The second-order valence-electron chi connectivity index (χ2n) is 8.70. The average molecular weight is 529 g/mol. The van der Waals surface area contributed by atoms with Crippen molar-refractivity contribution < 1.29 is 9.53 Å². The molecular weight excluding hydrogens is 493 g/mol. The molecule has 2 aliphatic rings. The number of para-hydroxylation sites is 1. The maximum absolute atomic E-state index is 11.4. The summed E-state index contributed by atoms with van der Waals surface area (Å²) in [4.78, 5) is 18.2. The summed E-state index contributed by atoms with van der Waals surface area (Å²) in [6.07, 6.45) is 3.82. The van der Waals surface area contributed by atoms with Crippen molar-refractivity contribution in [2.75, 3.05) is 33.2 Å². The Bertz CT molecular complexity index is 740. The molecule has 0 saturated carbocycles. The highest BCUT2D eigenvalue weighted by molar-refractivity contribution is 14.0. The molecule has 7 nitrogen and oxygen atoms in total. The molecular formula is C22H36IN5O2. The van der Waals surface area contributed by atoms with Crippen molar-refractivity contribution in [3.8, 4) is 5.75 Å². The van der Waals surface area contributed by atoms with Crippen molar-refractivity contribution in [3.05, 3.63) is 29.8 Å². The number of hydrogen-bond acceptors (Lipinski definition) is 4. The van der Waals surface area contributed by atoms with Gasteiger partial charge in [0.2, 0.25) is 5.91 Å². The number of aliphatic imine (C=N–C) groups is 1. The monoisotopic (exact) mass is 529 g/mol. The van der Waals surface area contributed by atoms with Gasteiger partial charge < -0.3 is 26.0 Å². The van der Waals surface area contributed by atoms with E-state index in [4.69, 9.17) is 10.5 Å². The number of rotatable bonds is 6. The van der Waals surface area contributed by atoms with E-state index in [-0.39, 0.29) is 47.4 Å². The van der Waals surface area contributed by atoms with Crippen LogP contribution in [0.2, 0.25) is 0 Å². The number of nitrogens with one attached hydrogen (secondary N) is 2. The summed E-state index contributed by atoms with van der Waals surface area (Å²) >= 11 is 0. The molecule has 2 unspecified atom stereocenters. The summed E-state index contributed by atoms with van der Waals surface area (Å²) in [5.41, 5.74) is 6.41. The number of ether oxygens (including phenoxy) is 1. The number of amides is 1. The molecule has 0 bridgehead atoms. The van der Waals surface area contributed by atoms with E-state index in [1.165, 1.54) is 5.56 Å². The quantitative estimate of drug-likeness (QED) is 0.228. The van der Waals surface area contributed by atoms with Crippen LogP contribution in [0.1, 0.15) is 51.1 Å². The van der Waals surface area contributed by atoms with Gasteiger partial charge >= 0.3 is 0 Å². The normalized spacial score (nSPS) is 23.5. The van der Waals surface area contributed by atoms with Crippen LogP contribution < -0.4 is 21.1 Å². The van der Waals surface area contributed by atoms with Crippen LogP contribution in [0.15, 0.2) is 29.3 Å². The number of hydrogen-bond donors (Lipinski definition) is 3. The molecule has 0 aromatic heterocycles. The van der Waals surface area contributed by atoms with E-state index < -0.39 is 0 Å². The maximum atomic E-state index is 11.4. The minimum atomic E-state index is -0.226. The predicted octanol–water partition coefficient (Wildman–Crippen LogP) is 2.66. The standard InChI is InChI=1S/C22H35N5O2.HI/c1-22(2)14-18(17-9-4-5-10-19(17)29-22)26-21(24-3)25-11-7-13-27-12-6-8-16(15-27)20(23)28;/h4-5,9-10,16,18H,6-8,11-15H2,1-3H3,(H2,23,28)(H2,24,25,26);1H. The SMILES string of the molecule is CN=C(NCCCN1CCCC(C(N)=O)C1)NC1CC(C)(C)Oc2ccccc21.I. The Balaban J connectivity index is 0.00000320. The van der Waals surface area contributed by atoms with Gasteiger partial charge in [-0.05, 0) is 52.3 Å². The summed E-state index contributed by atoms with van der Waals surface area (Å²) in [5.74, 6) is 1.57. The fourth-order valence-electron chi connectivity index (χ4n) is 4.29. The van der Waals surface area contributed by atoms with E-state index in [9.17, 15) is 4.79 Å². The van der Waals surface area contributed by atoms with Gasteiger partial charge in [0.25, 0.3) is 0 Å². The molecule has 4 N–H and O–H groups in total. The van der Waals surface area contributed by atoms with Crippen molar-refractivity contribution in [1.82, 2.24) is 15.5 Å². The number of fused-ring (bicyclic) bond motifs is 1. The van der Waals surface area contributed by atoms with E-state index in [0.29, 0.717) is 0 Å². The summed E-state index contributed by atoms with van der Waals surface area (Å²) < 4.78 is 6.12. The van der Waals surface area contributed by atoms with E-state index in [1.54, 1.807) is 7.05 Å². The van der Waals surface area contributed by atoms with Crippen LogP contribution in [0, 0.1) is 5.92 Å². The molecule has 2 heterocycles. The van der Waals surface area contributed by atoms with Crippen molar-refractivity contribution in [3.63, 3.8) is 0 Å². The molecule has 0 spiro atoms. The van der Waals surface area contributed by atoms with Crippen LogP contribution in [0.25, 0.3) is 0 Å². The Morgan fingerprint density at radius 2 is 2.13 bits per heavy atom. The fourth-order valence-corrected chi connectivity index (χ4v) is 4.29. The van der Waals surface area contributed by atoms with Crippen LogP contribution in [-0.4, -0.2) is 55.6 Å². The van der Waals surface area contributed by atoms with Crippen LogP contribution >= 0.6 is 24.0 Å². The molecule has 1 amide bonds. The Morgan fingerprint density at radius 1 is 1.37 bits per heavy atom. The molecule has 3 rings (SSSR count). The van der Waals surface area contributed by atoms with Gasteiger partial charge in [-0.15, -0.1) is 24.0 Å². The van der Waals surface area contributed by atoms with Crippen molar-refractivity contribution in [2.24, 2.45) is 16.6 Å². The Kier molecular flexibility index (Phi) is 9.21. The zero-order chi connectivity index (χ0) is 20.9. The molecule has 1 aromatic carbocycles. The topological polar surface area (TPSA) is 92.0 Å². The number of carbonyl (C=O) groups is 1. The molecule has 0 aliphatic carbocycles. The van der Waals surface area contributed by atoms with Gasteiger partial charge in [0.15, 0.2) is 5.96 Å². The lowest BCUT2D eigenvalue weighted by molar-refractivity contribution is -0.123. The first-order valence-electron chi connectivity index (χ1n) is 10.6. The van der Waals surface area contributed by atoms with Crippen molar-refractivity contribution in [1.29, 1.82) is 0 Å². The molecule has 1 fully saturated rings. The second-order valence-corrected chi connectivity index (χ2v) is 8.70. The van der Waals surface area contributed by atoms with E-state index in [2.05, 4.69) is 40.4 Å².